The van der Waals surface area contributed by atoms with Crippen molar-refractivity contribution in [3.8, 4) is 11.1 Å². The Balaban J connectivity index is 1.66. The number of hydrogen-bond acceptors (Lipinski definition) is 4. The van der Waals surface area contributed by atoms with Crippen LogP contribution in [0.3, 0.4) is 0 Å². The number of sulfonamides is 1. The number of aromatic nitrogens is 2. The summed E-state index contributed by atoms with van der Waals surface area (Å²) < 4.78 is 27.4. The molecule has 4 rings (SSSR count). The van der Waals surface area contributed by atoms with E-state index >= 15 is 0 Å². The van der Waals surface area contributed by atoms with Crippen LogP contribution in [0.2, 0.25) is 0 Å². The lowest BCUT2D eigenvalue weighted by Crippen LogP contribution is -2.26. The number of nitrogens with one attached hydrogen (secondary N) is 2. The quantitative estimate of drug-likeness (QED) is 0.555. The zero-order valence-electron chi connectivity index (χ0n) is 17.3. The largest absolute Gasteiger partial charge is 0.346 e. The molecular formula is C22H26N4O3S. The first-order valence-electron chi connectivity index (χ1n) is 9.98. The Morgan fingerprint density at radius 2 is 1.90 bits per heavy atom. The summed E-state index contributed by atoms with van der Waals surface area (Å²) in [7, 11) is -3.43. The minimum atomic E-state index is -3.43. The molecule has 0 bridgehead atoms. The predicted molar refractivity (Wildman–Crippen MR) is 120 cm³/mol. The third-order valence-corrected chi connectivity index (χ3v) is 6.72. The van der Waals surface area contributed by atoms with Gasteiger partial charge in [0, 0.05) is 23.3 Å². The van der Waals surface area contributed by atoms with Gasteiger partial charge in [0.05, 0.1) is 5.75 Å². The van der Waals surface area contributed by atoms with Crippen molar-refractivity contribution in [2.45, 2.75) is 39.7 Å². The lowest BCUT2D eigenvalue weighted by atomic mass is 10.0. The van der Waals surface area contributed by atoms with Crippen LogP contribution >= 0.6 is 0 Å². The van der Waals surface area contributed by atoms with Gasteiger partial charge in [-0.3, -0.25) is 14.4 Å². The van der Waals surface area contributed by atoms with Gasteiger partial charge in [-0.2, -0.15) is 0 Å². The predicted octanol–water partition coefficient (Wildman–Crippen LogP) is 4.14. The van der Waals surface area contributed by atoms with Crippen LogP contribution in [0.1, 0.15) is 33.6 Å². The van der Waals surface area contributed by atoms with Gasteiger partial charge in [0.2, 0.25) is 16.4 Å². The maximum Gasteiger partial charge on any atom is 0.233 e. The molecule has 158 valence electrons. The van der Waals surface area contributed by atoms with Crippen molar-refractivity contribution in [1.82, 2.24) is 9.97 Å². The second kappa shape index (κ2) is 7.43. The molecule has 0 aliphatic heterocycles. The van der Waals surface area contributed by atoms with Crippen LogP contribution in [0.5, 0.6) is 0 Å². The summed E-state index contributed by atoms with van der Waals surface area (Å²) in [6, 6.07) is 11.4. The highest BCUT2D eigenvalue weighted by molar-refractivity contribution is 7.92. The Morgan fingerprint density at radius 1 is 1.20 bits per heavy atom. The maximum atomic E-state index is 12.4. The van der Waals surface area contributed by atoms with Crippen molar-refractivity contribution >= 4 is 39.0 Å². The van der Waals surface area contributed by atoms with Gasteiger partial charge in [0.1, 0.15) is 11.5 Å². The number of nitrogens with zero attached hydrogens (tertiary/aromatic N) is 2. The summed E-state index contributed by atoms with van der Waals surface area (Å²) in [5, 5.41) is 0.946. The van der Waals surface area contributed by atoms with Gasteiger partial charge < -0.3 is 4.98 Å². The molecule has 1 amide bonds. The molecule has 2 aromatic heterocycles. The Kier molecular flexibility index (Phi) is 5.05. The molecule has 30 heavy (non-hydrogen) atoms. The molecular weight excluding hydrogens is 400 g/mol. The molecule has 1 aliphatic rings. The Labute approximate surface area is 176 Å². The van der Waals surface area contributed by atoms with Gasteiger partial charge in [0.25, 0.3) is 0 Å². The van der Waals surface area contributed by atoms with E-state index in [1.165, 1.54) is 0 Å². The van der Waals surface area contributed by atoms with E-state index in [9.17, 15) is 13.2 Å². The number of fused-ring (bicyclic) bond motifs is 1. The molecule has 0 atom stereocenters. The van der Waals surface area contributed by atoms with Crippen LogP contribution in [0.25, 0.3) is 22.2 Å². The van der Waals surface area contributed by atoms with Crippen LogP contribution in [-0.2, 0) is 14.8 Å². The highest BCUT2D eigenvalue weighted by Gasteiger charge is 2.30. The van der Waals surface area contributed by atoms with Crippen molar-refractivity contribution in [3.63, 3.8) is 0 Å². The molecule has 2 heterocycles. The number of carbonyl (C=O) groups excluding carboxylic acids is 1. The Morgan fingerprint density at radius 3 is 2.50 bits per heavy atom. The van der Waals surface area contributed by atoms with Gasteiger partial charge in [0.15, 0.2) is 0 Å². The van der Waals surface area contributed by atoms with Crippen LogP contribution in [0.15, 0.2) is 42.6 Å². The number of hydrogen-bond donors (Lipinski definition) is 2. The first kappa shape index (κ1) is 20.4. The highest BCUT2D eigenvalue weighted by atomic mass is 32.2. The summed E-state index contributed by atoms with van der Waals surface area (Å²) in [6.45, 7) is 5.67. The van der Waals surface area contributed by atoms with Crippen molar-refractivity contribution in [1.29, 1.82) is 0 Å². The molecule has 2 N–H and O–H groups in total. The molecule has 0 saturated heterocycles. The number of rotatable bonds is 7. The van der Waals surface area contributed by atoms with Gasteiger partial charge in [-0.05, 0) is 53.6 Å². The fourth-order valence-electron chi connectivity index (χ4n) is 3.58. The monoisotopic (exact) mass is 426 g/mol. The van der Waals surface area contributed by atoms with E-state index in [0.29, 0.717) is 17.2 Å². The Hall–Kier alpha value is -2.87. The average molecular weight is 427 g/mol. The Bertz CT molecular complexity index is 1170. The van der Waals surface area contributed by atoms with E-state index in [4.69, 9.17) is 0 Å². The SMILES string of the molecule is CC(C)(C)CS(=O)(=O)Nc1ccc(-c2cc(N(C=O)C3CC3)nc3[nH]ccc23)cc1. The lowest BCUT2D eigenvalue weighted by Gasteiger charge is -2.19. The van der Waals surface area contributed by atoms with E-state index in [2.05, 4.69) is 14.7 Å². The van der Waals surface area contributed by atoms with Gasteiger partial charge in [-0.25, -0.2) is 13.4 Å². The molecule has 8 heteroatoms. The summed E-state index contributed by atoms with van der Waals surface area (Å²) in [4.78, 5) is 21.0. The van der Waals surface area contributed by atoms with Crippen LogP contribution < -0.4 is 9.62 Å². The minimum Gasteiger partial charge on any atom is -0.346 e. The summed E-state index contributed by atoms with van der Waals surface area (Å²) in [5.41, 5.74) is 2.77. The molecule has 3 aromatic rings. The molecule has 1 aliphatic carbocycles. The smallest absolute Gasteiger partial charge is 0.233 e. The second-order valence-corrected chi connectivity index (χ2v) is 10.7. The van der Waals surface area contributed by atoms with Gasteiger partial charge >= 0.3 is 0 Å². The van der Waals surface area contributed by atoms with Gasteiger partial charge in [-0.1, -0.05) is 32.9 Å². The topological polar surface area (TPSA) is 95.2 Å². The molecule has 1 saturated carbocycles. The molecule has 0 radical (unpaired) electrons. The molecule has 7 nitrogen and oxygen atoms in total. The van der Waals surface area contributed by atoms with E-state index in [-0.39, 0.29) is 17.2 Å². The molecule has 1 fully saturated rings. The number of H-pyrrole nitrogens is 1. The lowest BCUT2D eigenvalue weighted by molar-refractivity contribution is -0.107. The summed E-state index contributed by atoms with van der Waals surface area (Å²) in [5.74, 6) is 0.662. The fraction of sp³-hybridized carbons (Fsp3) is 0.364. The number of benzene rings is 1. The van der Waals surface area contributed by atoms with E-state index in [1.807, 2.05) is 51.2 Å². The number of amides is 1. The highest BCUT2D eigenvalue weighted by Crippen LogP contribution is 2.35. The molecule has 1 aromatic carbocycles. The van der Waals surface area contributed by atoms with Crippen molar-refractivity contribution in [3.05, 3.63) is 42.6 Å². The van der Waals surface area contributed by atoms with Crippen molar-refractivity contribution in [2.75, 3.05) is 15.4 Å². The first-order valence-corrected chi connectivity index (χ1v) is 11.6. The molecule has 0 spiro atoms. The maximum absolute atomic E-state index is 12.4. The van der Waals surface area contributed by atoms with E-state index in [0.717, 1.165) is 35.8 Å². The van der Waals surface area contributed by atoms with E-state index in [1.54, 1.807) is 17.0 Å². The summed E-state index contributed by atoms with van der Waals surface area (Å²) in [6.07, 6.45) is 4.64. The van der Waals surface area contributed by atoms with Gasteiger partial charge in [-0.15, -0.1) is 0 Å². The third-order valence-electron chi connectivity index (χ3n) is 4.93. The zero-order valence-corrected chi connectivity index (χ0v) is 18.2. The number of pyridine rings is 1. The summed E-state index contributed by atoms with van der Waals surface area (Å²) >= 11 is 0. The van der Waals surface area contributed by atoms with Crippen molar-refractivity contribution in [2.24, 2.45) is 5.41 Å². The standard InChI is InChI=1S/C22H26N4O3S/c1-22(2,3)13-30(28,29)25-16-6-4-15(5-7-16)19-12-20(26(14-27)17-8-9-17)24-21-18(19)10-11-23-21/h4-7,10-12,14,17,25H,8-9,13H2,1-3H3,(H,23,24). The number of carbonyl (C=O) groups is 1. The molecule has 0 unspecified atom stereocenters. The fourth-order valence-corrected chi connectivity index (χ4v) is 5.29. The average Bonchev–Trinajstić information content (AvgIpc) is 3.36. The third kappa shape index (κ3) is 4.48. The normalized spacial score (nSPS) is 14.6. The van der Waals surface area contributed by atoms with Crippen molar-refractivity contribution < 1.29 is 13.2 Å². The minimum absolute atomic E-state index is 0.0438. The van der Waals surface area contributed by atoms with E-state index < -0.39 is 10.0 Å². The van der Waals surface area contributed by atoms with Crippen LogP contribution in [-0.4, -0.2) is 36.6 Å². The van der Waals surface area contributed by atoms with Crippen LogP contribution in [0, 0.1) is 5.41 Å². The zero-order chi connectivity index (χ0) is 21.5. The number of aromatic amines is 1. The second-order valence-electron chi connectivity index (χ2n) is 9.01. The van der Waals surface area contributed by atoms with Crippen LogP contribution in [0.4, 0.5) is 11.5 Å². The first-order chi connectivity index (χ1) is 14.1. The number of anilines is 2.